The molecule has 1 heterocycles. The van der Waals surface area contributed by atoms with Crippen molar-refractivity contribution in [3.8, 4) is 17.2 Å². The van der Waals surface area contributed by atoms with Crippen LogP contribution in [0, 0.1) is 5.82 Å². The molecular formula is C27H25FN4O4. The highest BCUT2D eigenvalue weighted by Gasteiger charge is 2.15. The van der Waals surface area contributed by atoms with E-state index in [9.17, 15) is 14.0 Å². The van der Waals surface area contributed by atoms with Crippen molar-refractivity contribution in [3.05, 3.63) is 102 Å². The number of carbonyl (C=O) groups excluding carboxylic acids is 2. The number of carbonyl (C=O) groups is 2. The smallest absolute Gasteiger partial charge is 0.262 e. The standard InChI is InChI=1S/C27H25FN4O4/c1-18(19-3-10-23(11-4-19)32-14-13-29-17-32)30-27(34)20-5-12-24(25(15-20)35-2)36-16-26(33)31-22-8-6-21(28)7-9-22/h3-15,17-18H,16H2,1-2H3,(H,30,34)(H,31,33)/t18-/m1/s1. The van der Waals surface area contributed by atoms with Gasteiger partial charge in [0.15, 0.2) is 18.1 Å². The van der Waals surface area contributed by atoms with E-state index in [1.54, 1.807) is 30.7 Å². The molecule has 0 saturated heterocycles. The van der Waals surface area contributed by atoms with Gasteiger partial charge in [-0.3, -0.25) is 9.59 Å². The Balaban J connectivity index is 1.35. The first kappa shape index (κ1) is 24.5. The van der Waals surface area contributed by atoms with E-state index in [0.29, 0.717) is 22.7 Å². The van der Waals surface area contributed by atoms with Crippen LogP contribution in [0.4, 0.5) is 10.1 Å². The van der Waals surface area contributed by atoms with Crippen LogP contribution in [0.2, 0.25) is 0 Å². The molecule has 0 unspecified atom stereocenters. The van der Waals surface area contributed by atoms with Gasteiger partial charge in [-0.15, -0.1) is 0 Å². The number of methoxy groups -OCH3 is 1. The summed E-state index contributed by atoms with van der Waals surface area (Å²) < 4.78 is 25.8. The minimum atomic E-state index is -0.418. The molecule has 2 amide bonds. The lowest BCUT2D eigenvalue weighted by molar-refractivity contribution is -0.118. The molecule has 184 valence electrons. The number of aromatic nitrogens is 2. The first-order valence-corrected chi connectivity index (χ1v) is 11.2. The predicted molar refractivity (Wildman–Crippen MR) is 133 cm³/mol. The molecular weight excluding hydrogens is 463 g/mol. The molecule has 0 radical (unpaired) electrons. The fraction of sp³-hybridized carbons (Fsp3) is 0.148. The van der Waals surface area contributed by atoms with Gasteiger partial charge in [0.25, 0.3) is 11.8 Å². The highest BCUT2D eigenvalue weighted by molar-refractivity contribution is 5.95. The topological polar surface area (TPSA) is 94.5 Å². The van der Waals surface area contributed by atoms with Gasteiger partial charge < -0.3 is 24.7 Å². The number of rotatable bonds is 9. The number of amides is 2. The third-order valence-corrected chi connectivity index (χ3v) is 5.46. The van der Waals surface area contributed by atoms with Crippen molar-refractivity contribution in [2.45, 2.75) is 13.0 Å². The lowest BCUT2D eigenvalue weighted by Crippen LogP contribution is -2.26. The fourth-order valence-electron chi connectivity index (χ4n) is 3.51. The maximum absolute atomic E-state index is 13.0. The molecule has 1 atom stereocenters. The van der Waals surface area contributed by atoms with Crippen molar-refractivity contribution in [2.75, 3.05) is 19.0 Å². The molecule has 2 N–H and O–H groups in total. The van der Waals surface area contributed by atoms with Gasteiger partial charge in [-0.05, 0) is 67.1 Å². The molecule has 0 spiro atoms. The van der Waals surface area contributed by atoms with E-state index >= 15 is 0 Å². The molecule has 9 heteroatoms. The zero-order chi connectivity index (χ0) is 25.5. The van der Waals surface area contributed by atoms with Gasteiger partial charge in [-0.25, -0.2) is 9.37 Å². The van der Waals surface area contributed by atoms with E-state index in [2.05, 4.69) is 15.6 Å². The van der Waals surface area contributed by atoms with Crippen LogP contribution in [0.5, 0.6) is 11.5 Å². The van der Waals surface area contributed by atoms with E-state index in [-0.39, 0.29) is 18.6 Å². The average molecular weight is 489 g/mol. The summed E-state index contributed by atoms with van der Waals surface area (Å²) in [6.07, 6.45) is 5.29. The van der Waals surface area contributed by atoms with Crippen molar-refractivity contribution in [1.82, 2.24) is 14.9 Å². The fourth-order valence-corrected chi connectivity index (χ4v) is 3.51. The Labute approximate surface area is 207 Å². The van der Waals surface area contributed by atoms with Crippen LogP contribution in [-0.4, -0.2) is 35.1 Å². The number of ether oxygens (including phenoxy) is 2. The molecule has 0 saturated carbocycles. The molecule has 0 aliphatic rings. The summed E-state index contributed by atoms with van der Waals surface area (Å²) in [5.74, 6) is -0.463. The highest BCUT2D eigenvalue weighted by atomic mass is 19.1. The van der Waals surface area contributed by atoms with E-state index in [1.165, 1.54) is 31.4 Å². The average Bonchev–Trinajstić information content (AvgIpc) is 3.44. The summed E-state index contributed by atoms with van der Waals surface area (Å²) in [7, 11) is 1.45. The zero-order valence-corrected chi connectivity index (χ0v) is 19.8. The van der Waals surface area contributed by atoms with Gasteiger partial charge in [0.1, 0.15) is 5.82 Å². The summed E-state index contributed by atoms with van der Waals surface area (Å²) in [5.41, 5.74) is 2.76. The Morgan fingerprint density at radius 2 is 1.78 bits per heavy atom. The van der Waals surface area contributed by atoms with Crippen molar-refractivity contribution >= 4 is 17.5 Å². The van der Waals surface area contributed by atoms with Crippen LogP contribution in [0.1, 0.15) is 28.9 Å². The molecule has 0 aliphatic heterocycles. The number of anilines is 1. The Hall–Kier alpha value is -4.66. The largest absolute Gasteiger partial charge is 0.493 e. The van der Waals surface area contributed by atoms with Gasteiger partial charge in [0.05, 0.1) is 19.5 Å². The molecule has 1 aromatic heterocycles. The maximum Gasteiger partial charge on any atom is 0.262 e. The number of hydrogen-bond acceptors (Lipinski definition) is 5. The molecule has 8 nitrogen and oxygen atoms in total. The number of hydrogen-bond donors (Lipinski definition) is 2. The second-order valence-electron chi connectivity index (χ2n) is 7.97. The molecule has 36 heavy (non-hydrogen) atoms. The third kappa shape index (κ3) is 6.06. The number of imidazole rings is 1. The Kier molecular flexibility index (Phi) is 7.60. The normalized spacial score (nSPS) is 11.4. The summed E-state index contributed by atoms with van der Waals surface area (Å²) in [4.78, 5) is 29.0. The van der Waals surface area contributed by atoms with Gasteiger partial charge in [-0.2, -0.15) is 0 Å². The summed E-state index contributed by atoms with van der Waals surface area (Å²) in [6, 6.07) is 17.7. The van der Waals surface area contributed by atoms with Crippen molar-refractivity contribution in [2.24, 2.45) is 0 Å². The Morgan fingerprint density at radius 3 is 2.44 bits per heavy atom. The Bertz CT molecular complexity index is 1320. The van der Waals surface area contributed by atoms with Crippen molar-refractivity contribution in [3.63, 3.8) is 0 Å². The molecule has 0 bridgehead atoms. The zero-order valence-electron chi connectivity index (χ0n) is 19.8. The third-order valence-electron chi connectivity index (χ3n) is 5.46. The first-order valence-electron chi connectivity index (χ1n) is 11.2. The van der Waals surface area contributed by atoms with Crippen LogP contribution < -0.4 is 20.1 Å². The predicted octanol–water partition coefficient (Wildman–Crippen LogP) is 4.53. The number of halogens is 1. The second kappa shape index (κ2) is 11.2. The van der Waals surface area contributed by atoms with Gasteiger partial charge in [0, 0.05) is 29.3 Å². The minimum Gasteiger partial charge on any atom is -0.493 e. The minimum absolute atomic E-state index is 0.230. The number of nitrogens with zero attached hydrogens (tertiary/aromatic N) is 2. The monoisotopic (exact) mass is 488 g/mol. The summed E-state index contributed by atoms with van der Waals surface area (Å²) >= 11 is 0. The summed E-state index contributed by atoms with van der Waals surface area (Å²) in [5, 5.41) is 5.59. The maximum atomic E-state index is 13.0. The van der Waals surface area contributed by atoms with Crippen LogP contribution in [0.25, 0.3) is 5.69 Å². The molecule has 0 aliphatic carbocycles. The Morgan fingerprint density at radius 1 is 1.03 bits per heavy atom. The van der Waals surface area contributed by atoms with Gasteiger partial charge in [0.2, 0.25) is 0 Å². The SMILES string of the molecule is COc1cc(C(=O)N[C@H](C)c2ccc(-n3ccnc3)cc2)ccc1OCC(=O)Nc1ccc(F)cc1. The van der Waals surface area contributed by atoms with Gasteiger partial charge >= 0.3 is 0 Å². The number of benzene rings is 3. The molecule has 4 rings (SSSR count). The lowest BCUT2D eigenvalue weighted by atomic mass is 10.1. The quantitative estimate of drug-likeness (QED) is 0.361. The van der Waals surface area contributed by atoms with Gasteiger partial charge in [-0.1, -0.05) is 12.1 Å². The van der Waals surface area contributed by atoms with Crippen LogP contribution >= 0.6 is 0 Å². The van der Waals surface area contributed by atoms with Crippen LogP contribution in [-0.2, 0) is 4.79 Å². The van der Waals surface area contributed by atoms with Crippen LogP contribution in [0.3, 0.4) is 0 Å². The summed E-state index contributed by atoms with van der Waals surface area (Å²) in [6.45, 7) is 1.62. The molecule has 3 aromatic carbocycles. The van der Waals surface area contributed by atoms with E-state index in [1.807, 2.05) is 42.0 Å². The van der Waals surface area contributed by atoms with Crippen molar-refractivity contribution < 1.29 is 23.5 Å². The second-order valence-corrected chi connectivity index (χ2v) is 7.97. The van der Waals surface area contributed by atoms with E-state index in [0.717, 1.165) is 11.3 Å². The lowest BCUT2D eigenvalue weighted by Gasteiger charge is -2.16. The van der Waals surface area contributed by atoms with Crippen LogP contribution in [0.15, 0.2) is 85.5 Å². The van der Waals surface area contributed by atoms with Crippen molar-refractivity contribution in [1.29, 1.82) is 0 Å². The number of nitrogens with one attached hydrogen (secondary N) is 2. The van der Waals surface area contributed by atoms with E-state index in [4.69, 9.17) is 9.47 Å². The highest BCUT2D eigenvalue weighted by Crippen LogP contribution is 2.28. The molecule has 0 fully saturated rings. The molecule has 4 aromatic rings. The van der Waals surface area contributed by atoms with E-state index < -0.39 is 11.7 Å². The first-order chi connectivity index (χ1) is 17.4.